The molecule has 1 N–H and O–H groups in total. The van der Waals surface area contributed by atoms with E-state index < -0.39 is 11.7 Å². The number of hydrogen-bond acceptors (Lipinski definition) is 2. The normalized spacial score (nSPS) is 11.2. The molecule has 0 atom stereocenters. The van der Waals surface area contributed by atoms with Crippen molar-refractivity contribution in [1.29, 1.82) is 0 Å². The molecule has 0 spiro atoms. The van der Waals surface area contributed by atoms with Crippen LogP contribution >= 0.6 is 12.6 Å². The Bertz CT molecular complexity index is 919. The first-order valence-corrected chi connectivity index (χ1v) is 8.16. The lowest BCUT2D eigenvalue weighted by Gasteiger charge is -2.12. The van der Waals surface area contributed by atoms with Gasteiger partial charge in [0.2, 0.25) is 0 Å². The van der Waals surface area contributed by atoms with Crippen LogP contribution in [0.4, 0.5) is 18.9 Å². The van der Waals surface area contributed by atoms with Crippen LogP contribution in [-0.2, 0) is 6.18 Å². The second-order valence-electron chi connectivity index (χ2n) is 5.62. The number of amides is 1. The number of alkyl halides is 3. The molecule has 26 heavy (non-hydrogen) atoms. The van der Waals surface area contributed by atoms with Crippen LogP contribution in [-0.4, -0.2) is 5.91 Å². The van der Waals surface area contributed by atoms with Gasteiger partial charge in [0, 0.05) is 16.1 Å². The molecule has 6 heteroatoms. The molecule has 1 amide bonds. The van der Waals surface area contributed by atoms with Gasteiger partial charge in [0.1, 0.15) is 0 Å². The number of rotatable bonds is 3. The second-order valence-corrected chi connectivity index (χ2v) is 6.14. The van der Waals surface area contributed by atoms with E-state index >= 15 is 0 Å². The van der Waals surface area contributed by atoms with Gasteiger partial charge >= 0.3 is 6.18 Å². The van der Waals surface area contributed by atoms with Gasteiger partial charge < -0.3 is 5.32 Å². The molecule has 3 rings (SSSR count). The highest BCUT2D eigenvalue weighted by atomic mass is 32.1. The Morgan fingerprint density at radius 1 is 0.846 bits per heavy atom. The summed E-state index contributed by atoms with van der Waals surface area (Å²) in [6.07, 6.45) is -4.39. The lowest BCUT2D eigenvalue weighted by molar-refractivity contribution is -0.137. The zero-order valence-corrected chi connectivity index (χ0v) is 14.3. The van der Waals surface area contributed by atoms with Crippen molar-refractivity contribution in [2.45, 2.75) is 11.1 Å². The summed E-state index contributed by atoms with van der Waals surface area (Å²) in [6.45, 7) is 0. The Balaban J connectivity index is 1.90. The molecule has 0 aromatic heterocycles. The van der Waals surface area contributed by atoms with Crippen molar-refractivity contribution in [3.05, 3.63) is 83.9 Å². The van der Waals surface area contributed by atoms with E-state index in [2.05, 4.69) is 17.9 Å². The van der Waals surface area contributed by atoms with Gasteiger partial charge in [-0.3, -0.25) is 4.79 Å². The van der Waals surface area contributed by atoms with E-state index in [1.165, 1.54) is 12.1 Å². The van der Waals surface area contributed by atoms with E-state index in [9.17, 15) is 18.0 Å². The smallest absolute Gasteiger partial charge is 0.322 e. The van der Waals surface area contributed by atoms with Crippen LogP contribution < -0.4 is 5.32 Å². The zero-order chi connectivity index (χ0) is 18.7. The monoisotopic (exact) mass is 373 g/mol. The summed E-state index contributed by atoms with van der Waals surface area (Å²) in [6, 6.07) is 18.5. The zero-order valence-electron chi connectivity index (χ0n) is 13.4. The Morgan fingerprint density at radius 2 is 1.46 bits per heavy atom. The summed E-state index contributed by atoms with van der Waals surface area (Å²) in [5, 5.41) is 2.78. The molecule has 0 aliphatic heterocycles. The van der Waals surface area contributed by atoms with Crippen LogP contribution in [0.15, 0.2) is 77.7 Å². The third-order valence-electron chi connectivity index (χ3n) is 3.82. The number of halogens is 3. The first-order chi connectivity index (χ1) is 12.3. The summed E-state index contributed by atoms with van der Waals surface area (Å²) in [7, 11) is 0. The molecule has 132 valence electrons. The Kier molecular flexibility index (Phi) is 5.04. The summed E-state index contributed by atoms with van der Waals surface area (Å²) < 4.78 is 38.2. The van der Waals surface area contributed by atoms with E-state index in [0.29, 0.717) is 22.4 Å². The number of anilines is 1. The van der Waals surface area contributed by atoms with Crippen LogP contribution in [0.5, 0.6) is 0 Å². The van der Waals surface area contributed by atoms with Gasteiger partial charge in [0.25, 0.3) is 5.91 Å². The Hall–Kier alpha value is -2.73. The molecule has 0 heterocycles. The van der Waals surface area contributed by atoms with Crippen LogP contribution in [0.2, 0.25) is 0 Å². The van der Waals surface area contributed by atoms with Gasteiger partial charge in [-0.1, -0.05) is 30.3 Å². The molecular weight excluding hydrogens is 359 g/mol. The predicted molar refractivity (Wildman–Crippen MR) is 98.5 cm³/mol. The lowest BCUT2D eigenvalue weighted by Crippen LogP contribution is -2.13. The third kappa shape index (κ3) is 4.08. The van der Waals surface area contributed by atoms with Crippen LogP contribution in [0.25, 0.3) is 11.1 Å². The standard InChI is InChI=1S/C20H14F3NOS/c21-20(22,23)14-7-5-13(6-8-14)17-3-1-2-4-18(17)19(25)24-15-9-11-16(26)12-10-15/h1-12,26H,(H,24,25). The Morgan fingerprint density at radius 3 is 2.08 bits per heavy atom. The number of carbonyl (C=O) groups excluding carboxylic acids is 1. The number of thiol groups is 1. The number of carbonyl (C=O) groups is 1. The highest BCUT2D eigenvalue weighted by molar-refractivity contribution is 7.80. The summed E-state index contributed by atoms with van der Waals surface area (Å²) in [5.41, 5.74) is 1.35. The largest absolute Gasteiger partial charge is 0.416 e. The minimum absolute atomic E-state index is 0.340. The Labute approximate surface area is 154 Å². The lowest BCUT2D eigenvalue weighted by atomic mass is 9.98. The number of benzene rings is 3. The van der Waals surface area contributed by atoms with Gasteiger partial charge in [-0.2, -0.15) is 13.2 Å². The van der Waals surface area contributed by atoms with Gasteiger partial charge in [0.15, 0.2) is 0 Å². The van der Waals surface area contributed by atoms with Crippen LogP contribution in [0, 0.1) is 0 Å². The molecule has 2 nitrogen and oxygen atoms in total. The van der Waals surface area contributed by atoms with Gasteiger partial charge in [-0.25, -0.2) is 0 Å². The van der Waals surface area contributed by atoms with E-state index in [1.54, 1.807) is 48.5 Å². The van der Waals surface area contributed by atoms with Gasteiger partial charge in [0.05, 0.1) is 5.56 Å². The predicted octanol–water partition coefficient (Wildman–Crippen LogP) is 5.91. The van der Waals surface area contributed by atoms with Crippen molar-refractivity contribution in [3.63, 3.8) is 0 Å². The molecule has 3 aromatic carbocycles. The van der Waals surface area contributed by atoms with Crippen molar-refractivity contribution in [2.24, 2.45) is 0 Å². The highest BCUT2D eigenvalue weighted by Gasteiger charge is 2.30. The van der Waals surface area contributed by atoms with Crippen molar-refractivity contribution >= 4 is 24.2 Å². The van der Waals surface area contributed by atoms with Crippen LogP contribution in [0.1, 0.15) is 15.9 Å². The molecule has 0 aliphatic carbocycles. The van der Waals surface area contributed by atoms with Crippen molar-refractivity contribution in [3.8, 4) is 11.1 Å². The van der Waals surface area contributed by atoms with Crippen molar-refractivity contribution in [1.82, 2.24) is 0 Å². The fourth-order valence-electron chi connectivity index (χ4n) is 2.51. The third-order valence-corrected chi connectivity index (χ3v) is 4.12. The average molecular weight is 373 g/mol. The molecule has 0 fully saturated rings. The van der Waals surface area contributed by atoms with E-state index in [4.69, 9.17) is 0 Å². The first kappa shape index (κ1) is 18.1. The summed E-state index contributed by atoms with van der Waals surface area (Å²) in [5.74, 6) is -0.340. The SMILES string of the molecule is O=C(Nc1ccc(S)cc1)c1ccccc1-c1ccc(C(F)(F)F)cc1. The maximum absolute atomic E-state index is 12.7. The van der Waals surface area contributed by atoms with E-state index in [-0.39, 0.29) is 5.91 Å². The van der Waals surface area contributed by atoms with E-state index in [1.807, 2.05) is 0 Å². The minimum atomic E-state index is -4.39. The first-order valence-electron chi connectivity index (χ1n) is 7.71. The highest BCUT2D eigenvalue weighted by Crippen LogP contribution is 2.32. The molecule has 0 saturated carbocycles. The summed E-state index contributed by atoms with van der Waals surface area (Å²) >= 11 is 4.19. The molecular formula is C20H14F3NOS. The molecule has 3 aromatic rings. The maximum atomic E-state index is 12.7. The molecule has 0 aliphatic rings. The minimum Gasteiger partial charge on any atom is -0.322 e. The average Bonchev–Trinajstić information content (AvgIpc) is 2.63. The maximum Gasteiger partial charge on any atom is 0.416 e. The van der Waals surface area contributed by atoms with Gasteiger partial charge in [-0.15, -0.1) is 12.6 Å². The number of nitrogens with one attached hydrogen (secondary N) is 1. The molecule has 0 radical (unpaired) electrons. The molecule has 0 bridgehead atoms. The molecule has 0 saturated heterocycles. The van der Waals surface area contributed by atoms with Crippen molar-refractivity contribution < 1.29 is 18.0 Å². The van der Waals surface area contributed by atoms with E-state index in [0.717, 1.165) is 17.0 Å². The second kappa shape index (κ2) is 7.25. The molecule has 0 unspecified atom stereocenters. The fourth-order valence-corrected chi connectivity index (χ4v) is 2.66. The van der Waals surface area contributed by atoms with Gasteiger partial charge in [-0.05, 0) is 53.6 Å². The van der Waals surface area contributed by atoms with Crippen molar-refractivity contribution in [2.75, 3.05) is 5.32 Å². The summed E-state index contributed by atoms with van der Waals surface area (Å²) in [4.78, 5) is 13.4. The fraction of sp³-hybridized carbons (Fsp3) is 0.0500. The van der Waals surface area contributed by atoms with Crippen LogP contribution in [0.3, 0.4) is 0 Å². The quantitative estimate of drug-likeness (QED) is 0.549. The topological polar surface area (TPSA) is 29.1 Å². The number of hydrogen-bond donors (Lipinski definition) is 2.